The zero-order chi connectivity index (χ0) is 10.8. The third-order valence-electron chi connectivity index (χ3n) is 2.29. The summed E-state index contributed by atoms with van der Waals surface area (Å²) in [6.07, 6.45) is 0. The highest BCUT2D eigenvalue weighted by Crippen LogP contribution is 2.19. The minimum absolute atomic E-state index is 0.205. The van der Waals surface area contributed by atoms with Gasteiger partial charge < -0.3 is 4.98 Å². The van der Waals surface area contributed by atoms with Gasteiger partial charge in [0.2, 0.25) is 0 Å². The third-order valence-corrected chi connectivity index (χ3v) is 2.29. The molecule has 0 aliphatic heterocycles. The molecule has 0 aliphatic rings. The van der Waals surface area contributed by atoms with E-state index in [9.17, 15) is 4.39 Å². The van der Waals surface area contributed by atoms with Crippen molar-refractivity contribution in [2.24, 2.45) is 0 Å². The van der Waals surface area contributed by atoms with Crippen molar-refractivity contribution in [2.75, 3.05) is 7.11 Å². The first-order chi connectivity index (χ1) is 7.20. The molecular formula is C11H12FNO2. The lowest BCUT2D eigenvalue weighted by Gasteiger charge is -1.95. The van der Waals surface area contributed by atoms with E-state index in [2.05, 4.69) is 9.87 Å². The van der Waals surface area contributed by atoms with Gasteiger partial charge in [0, 0.05) is 16.6 Å². The van der Waals surface area contributed by atoms with E-state index in [0.29, 0.717) is 12.2 Å². The second-order valence-corrected chi connectivity index (χ2v) is 3.41. The van der Waals surface area contributed by atoms with Crippen LogP contribution in [0.15, 0.2) is 18.2 Å². The highest BCUT2D eigenvalue weighted by Gasteiger charge is 2.04. The topological polar surface area (TPSA) is 34.2 Å². The maximum Gasteiger partial charge on any atom is 0.128 e. The molecule has 1 N–H and O–H groups in total. The molecule has 2 aromatic rings. The molecule has 15 heavy (non-hydrogen) atoms. The van der Waals surface area contributed by atoms with Gasteiger partial charge in [0.25, 0.3) is 0 Å². The Hall–Kier alpha value is -1.39. The molecule has 0 amide bonds. The number of nitrogens with one attached hydrogen (secondary N) is 1. The van der Waals surface area contributed by atoms with Gasteiger partial charge in [-0.1, -0.05) is 0 Å². The molecule has 1 aromatic carbocycles. The number of H-pyrrole nitrogens is 1. The Morgan fingerprint density at radius 3 is 2.87 bits per heavy atom. The Bertz CT molecular complexity index is 440. The summed E-state index contributed by atoms with van der Waals surface area (Å²) in [5.41, 5.74) is 2.27. The van der Waals surface area contributed by atoms with Crippen molar-refractivity contribution in [3.63, 3.8) is 0 Å². The van der Waals surface area contributed by atoms with E-state index < -0.39 is 0 Å². The Morgan fingerprint density at radius 2 is 2.13 bits per heavy atom. The lowest BCUT2D eigenvalue weighted by molar-refractivity contribution is -0.282. The van der Waals surface area contributed by atoms with Gasteiger partial charge in [0.05, 0.1) is 7.11 Å². The second kappa shape index (κ2) is 4.00. The fourth-order valence-corrected chi connectivity index (χ4v) is 1.53. The molecule has 0 saturated carbocycles. The third kappa shape index (κ3) is 2.00. The van der Waals surface area contributed by atoms with Crippen LogP contribution >= 0.6 is 0 Å². The van der Waals surface area contributed by atoms with Crippen LogP contribution in [-0.4, -0.2) is 12.1 Å². The van der Waals surface area contributed by atoms with Crippen molar-refractivity contribution < 1.29 is 14.2 Å². The quantitative estimate of drug-likeness (QED) is 0.623. The van der Waals surface area contributed by atoms with Crippen LogP contribution in [0.1, 0.15) is 11.3 Å². The van der Waals surface area contributed by atoms with Crippen molar-refractivity contribution in [1.29, 1.82) is 0 Å². The van der Waals surface area contributed by atoms with Crippen molar-refractivity contribution >= 4 is 10.9 Å². The van der Waals surface area contributed by atoms with E-state index in [-0.39, 0.29) is 5.82 Å². The average molecular weight is 209 g/mol. The predicted molar refractivity (Wildman–Crippen MR) is 54.8 cm³/mol. The van der Waals surface area contributed by atoms with E-state index in [4.69, 9.17) is 4.89 Å². The monoisotopic (exact) mass is 209 g/mol. The van der Waals surface area contributed by atoms with Crippen molar-refractivity contribution in [3.8, 4) is 0 Å². The van der Waals surface area contributed by atoms with Gasteiger partial charge in [-0.3, -0.25) is 0 Å². The first-order valence-electron chi connectivity index (χ1n) is 4.64. The molecule has 0 spiro atoms. The van der Waals surface area contributed by atoms with Gasteiger partial charge in [-0.15, -0.1) is 0 Å². The lowest BCUT2D eigenvalue weighted by Crippen LogP contribution is -1.90. The molecule has 4 heteroatoms. The number of aromatic amines is 1. The van der Waals surface area contributed by atoms with Gasteiger partial charge in [0.15, 0.2) is 0 Å². The van der Waals surface area contributed by atoms with Crippen molar-refractivity contribution in [2.45, 2.75) is 13.5 Å². The Balaban J connectivity index is 2.38. The normalized spacial score (nSPS) is 11.1. The molecule has 0 saturated heterocycles. The summed E-state index contributed by atoms with van der Waals surface area (Å²) in [5, 5.41) is 0.976. The highest BCUT2D eigenvalue weighted by atomic mass is 19.1. The van der Waals surface area contributed by atoms with Gasteiger partial charge in [-0.25, -0.2) is 14.2 Å². The van der Waals surface area contributed by atoms with Crippen LogP contribution in [0.4, 0.5) is 4.39 Å². The number of rotatable bonds is 3. The summed E-state index contributed by atoms with van der Waals surface area (Å²) in [6, 6.07) is 5.21. The first-order valence-corrected chi connectivity index (χ1v) is 4.64. The van der Waals surface area contributed by atoms with E-state index in [1.165, 1.54) is 13.2 Å². The maximum atomic E-state index is 13.2. The molecule has 0 unspecified atom stereocenters. The van der Waals surface area contributed by atoms with E-state index in [1.54, 1.807) is 13.0 Å². The zero-order valence-electron chi connectivity index (χ0n) is 8.63. The summed E-state index contributed by atoms with van der Waals surface area (Å²) in [4.78, 5) is 12.3. The molecule has 1 aromatic heterocycles. The summed E-state index contributed by atoms with van der Waals surface area (Å²) in [6.45, 7) is 2.07. The molecule has 0 bridgehead atoms. The van der Waals surface area contributed by atoms with E-state index in [0.717, 1.165) is 16.6 Å². The zero-order valence-corrected chi connectivity index (χ0v) is 8.63. The summed E-state index contributed by atoms with van der Waals surface area (Å²) in [7, 11) is 1.45. The molecule has 0 fully saturated rings. The number of hydrogen-bond donors (Lipinski definition) is 1. The van der Waals surface area contributed by atoms with Gasteiger partial charge in [-0.05, 0) is 30.7 Å². The van der Waals surface area contributed by atoms with Crippen LogP contribution in [0.2, 0.25) is 0 Å². The van der Waals surface area contributed by atoms with Crippen LogP contribution in [0.25, 0.3) is 10.9 Å². The summed E-state index contributed by atoms with van der Waals surface area (Å²) in [5.74, 6) is -0.205. The van der Waals surface area contributed by atoms with Gasteiger partial charge >= 0.3 is 0 Å². The number of hydrogen-bond acceptors (Lipinski definition) is 2. The van der Waals surface area contributed by atoms with E-state index >= 15 is 0 Å². The van der Waals surface area contributed by atoms with Crippen LogP contribution in [0.3, 0.4) is 0 Å². The van der Waals surface area contributed by atoms with E-state index in [1.807, 2.05) is 6.07 Å². The van der Waals surface area contributed by atoms with Crippen LogP contribution < -0.4 is 0 Å². The van der Waals surface area contributed by atoms with Gasteiger partial charge in [-0.2, -0.15) is 0 Å². The molecular weight excluding hydrogens is 197 g/mol. The largest absolute Gasteiger partial charge is 0.356 e. The smallest absolute Gasteiger partial charge is 0.128 e. The maximum absolute atomic E-state index is 13.2. The van der Waals surface area contributed by atoms with Crippen LogP contribution in [0, 0.1) is 12.7 Å². The number of benzene rings is 1. The Kier molecular flexibility index (Phi) is 2.70. The minimum atomic E-state index is -0.205. The molecule has 0 atom stereocenters. The molecule has 80 valence electrons. The SMILES string of the molecule is COOCc1cc2cc(C)c(F)cc2[nH]1. The Morgan fingerprint density at radius 1 is 1.33 bits per heavy atom. The highest BCUT2D eigenvalue weighted by molar-refractivity contribution is 5.81. The fraction of sp³-hybridized carbons (Fsp3) is 0.273. The molecule has 0 aliphatic carbocycles. The molecule has 0 radical (unpaired) electrons. The van der Waals surface area contributed by atoms with Crippen LogP contribution in [0.5, 0.6) is 0 Å². The molecule has 2 rings (SSSR count). The number of aryl methyl sites for hydroxylation is 1. The average Bonchev–Trinajstić information content (AvgIpc) is 2.58. The first kappa shape index (κ1) is 10.1. The van der Waals surface area contributed by atoms with Crippen molar-refractivity contribution in [1.82, 2.24) is 4.98 Å². The summed E-state index contributed by atoms with van der Waals surface area (Å²) < 4.78 is 13.2. The summed E-state index contributed by atoms with van der Waals surface area (Å²) >= 11 is 0. The number of fused-ring (bicyclic) bond motifs is 1. The number of halogens is 1. The fourth-order valence-electron chi connectivity index (χ4n) is 1.53. The predicted octanol–water partition coefficient (Wildman–Crippen LogP) is 2.69. The molecule has 1 heterocycles. The molecule has 3 nitrogen and oxygen atoms in total. The van der Waals surface area contributed by atoms with Gasteiger partial charge in [0.1, 0.15) is 12.4 Å². The second-order valence-electron chi connectivity index (χ2n) is 3.41. The minimum Gasteiger partial charge on any atom is -0.356 e. The Labute approximate surface area is 86.7 Å². The number of aromatic nitrogens is 1. The standard InChI is InChI=1S/C11H12FNO2/c1-7-3-8-4-9(6-15-14-2)13-11(8)5-10(7)12/h3-5,13H,6H2,1-2H3. The van der Waals surface area contributed by atoms with Crippen molar-refractivity contribution in [3.05, 3.63) is 35.3 Å². The lowest BCUT2D eigenvalue weighted by atomic mass is 10.2. The van der Waals surface area contributed by atoms with Crippen LogP contribution in [-0.2, 0) is 16.4 Å².